The molecule has 2 atom stereocenters. The van der Waals surface area contributed by atoms with Crippen molar-refractivity contribution >= 4 is 11.9 Å². The van der Waals surface area contributed by atoms with Crippen LogP contribution in [0.2, 0.25) is 0 Å². The van der Waals surface area contributed by atoms with E-state index < -0.39 is 17.9 Å². The minimum absolute atomic E-state index is 0.0426. The van der Waals surface area contributed by atoms with Gasteiger partial charge >= 0.3 is 5.97 Å². The molecule has 2 aromatic rings. The number of para-hydroxylation sites is 1. The number of carboxylic acids is 1. The highest BCUT2D eigenvalue weighted by molar-refractivity contribution is 5.93. The number of carboxylic acid groups (broad SMARTS) is 1. The summed E-state index contributed by atoms with van der Waals surface area (Å²) < 4.78 is 7.00. The molecule has 1 aromatic heterocycles. The van der Waals surface area contributed by atoms with Crippen LogP contribution in [0.15, 0.2) is 24.3 Å². The fourth-order valence-electron chi connectivity index (χ4n) is 3.50. The number of aliphatic carboxylic acids is 1. The van der Waals surface area contributed by atoms with Gasteiger partial charge in [-0.1, -0.05) is 32.0 Å². The SMILES string of the molecule is Cc1nc(C(=O)NC(C(=O)O)C2CCCOC2)nn1-c1ccccc1C(C)C. The van der Waals surface area contributed by atoms with Crippen LogP contribution in [-0.4, -0.2) is 51.0 Å². The van der Waals surface area contributed by atoms with Gasteiger partial charge in [0.15, 0.2) is 0 Å². The van der Waals surface area contributed by atoms with E-state index in [4.69, 9.17) is 4.74 Å². The largest absolute Gasteiger partial charge is 0.480 e. The standard InChI is InChI=1S/C20H26N4O4/c1-12(2)15-8-4-5-9-16(15)24-13(3)21-18(23-24)19(25)22-17(20(26)27)14-7-6-10-28-11-14/h4-5,8-9,12,14,17H,6-7,10-11H2,1-3H3,(H,22,25)(H,26,27). The van der Waals surface area contributed by atoms with Crippen molar-refractivity contribution in [3.8, 4) is 5.69 Å². The van der Waals surface area contributed by atoms with Gasteiger partial charge < -0.3 is 15.2 Å². The van der Waals surface area contributed by atoms with Crippen LogP contribution in [0.5, 0.6) is 0 Å². The van der Waals surface area contributed by atoms with Gasteiger partial charge in [0.25, 0.3) is 5.91 Å². The van der Waals surface area contributed by atoms with Crippen molar-refractivity contribution in [2.45, 2.75) is 45.6 Å². The highest BCUT2D eigenvalue weighted by atomic mass is 16.5. The molecule has 1 aliphatic rings. The molecule has 0 spiro atoms. The highest BCUT2D eigenvalue weighted by Crippen LogP contribution is 2.23. The number of ether oxygens (including phenoxy) is 1. The summed E-state index contributed by atoms with van der Waals surface area (Å²) in [6.45, 7) is 6.88. The summed E-state index contributed by atoms with van der Waals surface area (Å²) in [5.74, 6) is -1.14. The molecule has 0 bridgehead atoms. The van der Waals surface area contributed by atoms with Crippen LogP contribution in [0, 0.1) is 12.8 Å². The summed E-state index contributed by atoms with van der Waals surface area (Å²) in [4.78, 5) is 28.6. The molecule has 1 saturated heterocycles. The lowest BCUT2D eigenvalue weighted by molar-refractivity contribution is -0.142. The molecule has 2 heterocycles. The molecule has 2 unspecified atom stereocenters. The minimum atomic E-state index is -1.08. The zero-order chi connectivity index (χ0) is 20.3. The molecule has 1 aliphatic heterocycles. The Kier molecular flexibility index (Phi) is 6.08. The van der Waals surface area contributed by atoms with E-state index in [1.54, 1.807) is 11.6 Å². The number of benzene rings is 1. The second kappa shape index (κ2) is 8.52. The molecule has 1 aromatic carbocycles. The maximum Gasteiger partial charge on any atom is 0.326 e. The summed E-state index contributed by atoms with van der Waals surface area (Å²) in [7, 11) is 0. The molecule has 0 aliphatic carbocycles. The number of amides is 1. The highest BCUT2D eigenvalue weighted by Gasteiger charge is 2.32. The van der Waals surface area contributed by atoms with E-state index >= 15 is 0 Å². The normalized spacial score (nSPS) is 18.1. The Morgan fingerprint density at radius 1 is 1.32 bits per heavy atom. The first-order valence-electron chi connectivity index (χ1n) is 9.53. The number of hydrogen-bond acceptors (Lipinski definition) is 5. The van der Waals surface area contributed by atoms with Gasteiger partial charge in [0, 0.05) is 12.5 Å². The summed E-state index contributed by atoms with van der Waals surface area (Å²) >= 11 is 0. The molecule has 8 heteroatoms. The van der Waals surface area contributed by atoms with Crippen molar-refractivity contribution in [3.05, 3.63) is 41.5 Å². The van der Waals surface area contributed by atoms with Crippen LogP contribution in [0.3, 0.4) is 0 Å². The van der Waals surface area contributed by atoms with Gasteiger partial charge in [-0.3, -0.25) is 4.79 Å². The van der Waals surface area contributed by atoms with Crippen molar-refractivity contribution in [1.82, 2.24) is 20.1 Å². The summed E-state index contributed by atoms with van der Waals surface area (Å²) in [6, 6.07) is 6.79. The van der Waals surface area contributed by atoms with E-state index in [9.17, 15) is 14.7 Å². The van der Waals surface area contributed by atoms with E-state index in [1.165, 1.54) is 0 Å². The van der Waals surface area contributed by atoms with Gasteiger partial charge in [0.05, 0.1) is 12.3 Å². The Bertz CT molecular complexity index is 856. The first-order chi connectivity index (χ1) is 13.4. The third kappa shape index (κ3) is 4.22. The van der Waals surface area contributed by atoms with Crippen molar-refractivity contribution in [3.63, 3.8) is 0 Å². The summed E-state index contributed by atoms with van der Waals surface area (Å²) in [5.41, 5.74) is 1.95. The van der Waals surface area contributed by atoms with Crippen molar-refractivity contribution in [2.24, 2.45) is 5.92 Å². The molecular weight excluding hydrogens is 360 g/mol. The Morgan fingerprint density at radius 3 is 2.71 bits per heavy atom. The van der Waals surface area contributed by atoms with Gasteiger partial charge in [-0.05, 0) is 37.3 Å². The van der Waals surface area contributed by atoms with Gasteiger partial charge in [-0.2, -0.15) is 0 Å². The molecule has 150 valence electrons. The first kappa shape index (κ1) is 20.0. The second-order valence-electron chi connectivity index (χ2n) is 7.37. The average Bonchev–Trinajstić information content (AvgIpc) is 3.08. The van der Waals surface area contributed by atoms with E-state index in [0.29, 0.717) is 25.5 Å². The van der Waals surface area contributed by atoms with E-state index in [1.807, 2.05) is 24.3 Å². The second-order valence-corrected chi connectivity index (χ2v) is 7.37. The van der Waals surface area contributed by atoms with E-state index in [0.717, 1.165) is 17.7 Å². The zero-order valence-electron chi connectivity index (χ0n) is 16.4. The van der Waals surface area contributed by atoms with E-state index in [-0.39, 0.29) is 17.7 Å². The average molecular weight is 386 g/mol. The number of nitrogens with one attached hydrogen (secondary N) is 1. The predicted octanol–water partition coefficient (Wildman–Crippen LogP) is 2.31. The molecule has 3 rings (SSSR count). The Labute approximate surface area is 163 Å². The number of hydrogen-bond donors (Lipinski definition) is 2. The van der Waals surface area contributed by atoms with Crippen LogP contribution in [0.1, 0.15) is 54.6 Å². The Balaban J connectivity index is 1.84. The fraction of sp³-hybridized carbons (Fsp3) is 0.500. The topological polar surface area (TPSA) is 106 Å². The Hall–Kier alpha value is -2.74. The fourth-order valence-corrected chi connectivity index (χ4v) is 3.50. The number of aromatic nitrogens is 3. The van der Waals surface area contributed by atoms with Crippen LogP contribution in [0.25, 0.3) is 5.69 Å². The van der Waals surface area contributed by atoms with Gasteiger partial charge in [0.2, 0.25) is 5.82 Å². The first-order valence-corrected chi connectivity index (χ1v) is 9.53. The minimum Gasteiger partial charge on any atom is -0.480 e. The van der Waals surface area contributed by atoms with Crippen LogP contribution in [-0.2, 0) is 9.53 Å². The lowest BCUT2D eigenvalue weighted by atomic mass is 9.93. The molecule has 1 amide bonds. The summed E-state index contributed by atoms with van der Waals surface area (Å²) in [5, 5.41) is 16.5. The Morgan fingerprint density at radius 2 is 2.07 bits per heavy atom. The van der Waals surface area contributed by atoms with Gasteiger partial charge in [0.1, 0.15) is 11.9 Å². The monoisotopic (exact) mass is 386 g/mol. The number of carbonyl (C=O) groups excluding carboxylic acids is 1. The third-order valence-electron chi connectivity index (χ3n) is 4.98. The number of rotatable bonds is 6. The van der Waals surface area contributed by atoms with Crippen molar-refractivity contribution < 1.29 is 19.4 Å². The van der Waals surface area contributed by atoms with Gasteiger partial charge in [-0.15, -0.1) is 5.10 Å². The zero-order valence-corrected chi connectivity index (χ0v) is 16.4. The molecular formula is C20H26N4O4. The maximum absolute atomic E-state index is 12.7. The molecule has 2 N–H and O–H groups in total. The number of nitrogens with zero attached hydrogens (tertiary/aromatic N) is 3. The molecule has 1 fully saturated rings. The van der Waals surface area contributed by atoms with Crippen molar-refractivity contribution in [2.75, 3.05) is 13.2 Å². The molecule has 28 heavy (non-hydrogen) atoms. The lowest BCUT2D eigenvalue weighted by Gasteiger charge is -2.27. The van der Waals surface area contributed by atoms with Crippen molar-refractivity contribution in [1.29, 1.82) is 0 Å². The van der Waals surface area contributed by atoms with Crippen LogP contribution in [0.4, 0.5) is 0 Å². The predicted molar refractivity (Wildman–Crippen MR) is 103 cm³/mol. The van der Waals surface area contributed by atoms with Crippen LogP contribution >= 0.6 is 0 Å². The van der Waals surface area contributed by atoms with Crippen LogP contribution < -0.4 is 5.32 Å². The smallest absolute Gasteiger partial charge is 0.326 e. The maximum atomic E-state index is 12.7. The summed E-state index contributed by atoms with van der Waals surface area (Å²) in [6.07, 6.45) is 1.47. The lowest BCUT2D eigenvalue weighted by Crippen LogP contribution is -2.48. The third-order valence-corrected chi connectivity index (χ3v) is 4.98. The molecule has 8 nitrogen and oxygen atoms in total. The number of carbonyl (C=O) groups is 2. The quantitative estimate of drug-likeness (QED) is 0.789. The molecule has 0 radical (unpaired) electrons. The van der Waals surface area contributed by atoms with E-state index in [2.05, 4.69) is 29.2 Å². The van der Waals surface area contributed by atoms with Gasteiger partial charge in [-0.25, -0.2) is 14.5 Å². The molecule has 0 saturated carbocycles. The number of aryl methyl sites for hydroxylation is 1.